The number of hydrogen-bond donors (Lipinski definition) is 2. The summed E-state index contributed by atoms with van der Waals surface area (Å²) in [6.45, 7) is 7.33. The SMILES string of the molecule is Cc1cc(NCCCn2nc(C)cc2C)c(C(=O)O)cn1. The molecule has 2 rings (SSSR count). The number of carboxylic acid groups (broad SMARTS) is 1. The van der Waals surface area contributed by atoms with Gasteiger partial charge in [0.2, 0.25) is 0 Å². The molecule has 2 aromatic heterocycles. The van der Waals surface area contributed by atoms with Crippen LogP contribution in [0.2, 0.25) is 0 Å². The van der Waals surface area contributed by atoms with Gasteiger partial charge in [-0.2, -0.15) is 5.10 Å². The van der Waals surface area contributed by atoms with Crippen molar-refractivity contribution in [2.75, 3.05) is 11.9 Å². The maximum Gasteiger partial charge on any atom is 0.339 e. The largest absolute Gasteiger partial charge is 0.478 e. The molecule has 0 amide bonds. The second-order valence-corrected chi connectivity index (χ2v) is 5.11. The van der Waals surface area contributed by atoms with E-state index in [0.29, 0.717) is 12.2 Å². The fraction of sp³-hybridized carbons (Fsp3) is 0.400. The molecule has 21 heavy (non-hydrogen) atoms. The number of carboxylic acids is 1. The normalized spacial score (nSPS) is 10.6. The van der Waals surface area contributed by atoms with Crippen LogP contribution in [0, 0.1) is 20.8 Å². The van der Waals surface area contributed by atoms with Crippen LogP contribution >= 0.6 is 0 Å². The Balaban J connectivity index is 1.93. The van der Waals surface area contributed by atoms with Crippen LogP contribution in [0.5, 0.6) is 0 Å². The lowest BCUT2D eigenvalue weighted by Crippen LogP contribution is -2.12. The molecule has 0 aliphatic rings. The molecule has 0 aromatic carbocycles. The van der Waals surface area contributed by atoms with E-state index in [0.717, 1.165) is 30.0 Å². The van der Waals surface area contributed by atoms with Gasteiger partial charge in [0, 0.05) is 30.7 Å². The Morgan fingerprint density at radius 3 is 2.67 bits per heavy atom. The van der Waals surface area contributed by atoms with Crippen LogP contribution in [0.1, 0.15) is 33.9 Å². The maximum atomic E-state index is 11.1. The summed E-state index contributed by atoms with van der Waals surface area (Å²) in [6, 6.07) is 3.80. The van der Waals surface area contributed by atoms with Crippen molar-refractivity contribution in [1.82, 2.24) is 14.8 Å². The van der Waals surface area contributed by atoms with E-state index < -0.39 is 5.97 Å². The van der Waals surface area contributed by atoms with Crippen molar-refractivity contribution in [3.63, 3.8) is 0 Å². The molecule has 0 aliphatic carbocycles. The number of aryl methyl sites for hydroxylation is 4. The molecule has 6 nitrogen and oxygen atoms in total. The molecular weight excluding hydrogens is 268 g/mol. The van der Waals surface area contributed by atoms with E-state index in [1.54, 1.807) is 6.07 Å². The summed E-state index contributed by atoms with van der Waals surface area (Å²) in [7, 11) is 0. The van der Waals surface area contributed by atoms with Gasteiger partial charge in [-0.3, -0.25) is 9.67 Å². The second-order valence-electron chi connectivity index (χ2n) is 5.11. The van der Waals surface area contributed by atoms with E-state index in [9.17, 15) is 4.79 Å². The van der Waals surface area contributed by atoms with E-state index >= 15 is 0 Å². The highest BCUT2D eigenvalue weighted by Crippen LogP contribution is 2.15. The first-order valence-corrected chi connectivity index (χ1v) is 6.92. The van der Waals surface area contributed by atoms with Crippen LogP contribution in [0.15, 0.2) is 18.3 Å². The zero-order valence-corrected chi connectivity index (χ0v) is 12.6. The van der Waals surface area contributed by atoms with Crippen LogP contribution in [-0.4, -0.2) is 32.4 Å². The molecule has 0 atom stereocenters. The first kappa shape index (κ1) is 15.0. The van der Waals surface area contributed by atoms with Gasteiger partial charge in [-0.25, -0.2) is 4.79 Å². The quantitative estimate of drug-likeness (QED) is 0.798. The standard InChI is InChI=1S/C15H20N4O2/c1-10-8-14(13(9-17-10)15(20)21)16-5-4-6-19-12(3)7-11(2)18-19/h7-9H,4-6H2,1-3H3,(H,16,17)(H,20,21). The van der Waals surface area contributed by atoms with Crippen molar-refractivity contribution < 1.29 is 9.90 Å². The first-order chi connectivity index (χ1) is 9.97. The highest BCUT2D eigenvalue weighted by Gasteiger charge is 2.10. The molecule has 0 bridgehead atoms. The number of aromatic nitrogens is 3. The summed E-state index contributed by atoms with van der Waals surface area (Å²) in [5.41, 5.74) is 3.76. The third-order valence-electron chi connectivity index (χ3n) is 3.24. The van der Waals surface area contributed by atoms with Gasteiger partial charge in [-0.15, -0.1) is 0 Å². The van der Waals surface area contributed by atoms with Gasteiger partial charge in [-0.05, 0) is 39.3 Å². The van der Waals surface area contributed by atoms with Crippen LogP contribution in [-0.2, 0) is 6.54 Å². The zero-order chi connectivity index (χ0) is 15.4. The average Bonchev–Trinajstić information content (AvgIpc) is 2.73. The molecule has 0 saturated heterocycles. The Labute approximate surface area is 123 Å². The molecule has 0 unspecified atom stereocenters. The van der Waals surface area contributed by atoms with Gasteiger partial charge in [0.25, 0.3) is 0 Å². The molecule has 0 radical (unpaired) electrons. The summed E-state index contributed by atoms with van der Waals surface area (Å²) in [5.74, 6) is -0.969. The number of aromatic carboxylic acids is 1. The Kier molecular flexibility index (Phi) is 4.57. The van der Waals surface area contributed by atoms with E-state index in [1.165, 1.54) is 6.20 Å². The van der Waals surface area contributed by atoms with Crippen molar-refractivity contribution in [2.45, 2.75) is 33.7 Å². The van der Waals surface area contributed by atoms with Crippen molar-refractivity contribution in [2.24, 2.45) is 0 Å². The lowest BCUT2D eigenvalue weighted by atomic mass is 10.2. The molecule has 2 heterocycles. The van der Waals surface area contributed by atoms with Gasteiger partial charge in [0.1, 0.15) is 5.56 Å². The summed E-state index contributed by atoms with van der Waals surface area (Å²) >= 11 is 0. The molecule has 0 spiro atoms. The molecule has 0 aliphatic heterocycles. The molecule has 6 heteroatoms. The summed E-state index contributed by atoms with van der Waals surface area (Å²) in [5, 5.41) is 16.7. The molecule has 0 saturated carbocycles. The predicted molar refractivity (Wildman–Crippen MR) is 80.7 cm³/mol. The average molecular weight is 288 g/mol. The van der Waals surface area contributed by atoms with Gasteiger partial charge in [-0.1, -0.05) is 0 Å². The van der Waals surface area contributed by atoms with Crippen LogP contribution in [0.3, 0.4) is 0 Å². The maximum absolute atomic E-state index is 11.1. The fourth-order valence-electron chi connectivity index (χ4n) is 2.23. The number of carbonyl (C=O) groups is 1. The molecule has 112 valence electrons. The van der Waals surface area contributed by atoms with Crippen molar-refractivity contribution >= 4 is 11.7 Å². The smallest absolute Gasteiger partial charge is 0.339 e. The summed E-state index contributed by atoms with van der Waals surface area (Å²) < 4.78 is 1.97. The Morgan fingerprint density at radius 2 is 2.05 bits per heavy atom. The number of hydrogen-bond acceptors (Lipinski definition) is 4. The first-order valence-electron chi connectivity index (χ1n) is 6.92. The minimum atomic E-state index is -0.969. The second kappa shape index (κ2) is 6.39. The van der Waals surface area contributed by atoms with Crippen LogP contribution < -0.4 is 5.32 Å². The van der Waals surface area contributed by atoms with Gasteiger partial charge >= 0.3 is 5.97 Å². The Bertz CT molecular complexity index is 649. The van der Waals surface area contributed by atoms with Gasteiger partial charge in [0.15, 0.2) is 0 Å². The number of nitrogens with zero attached hydrogens (tertiary/aromatic N) is 3. The predicted octanol–water partition coefficient (Wildman–Crippen LogP) is 2.40. The topological polar surface area (TPSA) is 80.0 Å². The highest BCUT2D eigenvalue weighted by atomic mass is 16.4. The van der Waals surface area contributed by atoms with E-state index in [1.807, 2.05) is 31.5 Å². The summed E-state index contributed by atoms with van der Waals surface area (Å²) in [6.07, 6.45) is 2.25. The van der Waals surface area contributed by atoms with Crippen LogP contribution in [0.4, 0.5) is 5.69 Å². The van der Waals surface area contributed by atoms with Crippen LogP contribution in [0.25, 0.3) is 0 Å². The zero-order valence-electron chi connectivity index (χ0n) is 12.6. The minimum absolute atomic E-state index is 0.201. The Hall–Kier alpha value is -2.37. The lowest BCUT2D eigenvalue weighted by Gasteiger charge is -2.10. The molecule has 0 fully saturated rings. The third-order valence-corrected chi connectivity index (χ3v) is 3.24. The minimum Gasteiger partial charge on any atom is -0.478 e. The number of nitrogens with one attached hydrogen (secondary N) is 1. The molecular formula is C15H20N4O2. The third kappa shape index (κ3) is 3.81. The number of pyridine rings is 1. The fourth-order valence-corrected chi connectivity index (χ4v) is 2.23. The monoisotopic (exact) mass is 288 g/mol. The van der Waals surface area contributed by atoms with E-state index in [4.69, 9.17) is 5.11 Å². The van der Waals surface area contributed by atoms with Crippen molar-refractivity contribution in [3.05, 3.63) is 41.0 Å². The number of anilines is 1. The summed E-state index contributed by atoms with van der Waals surface area (Å²) in [4.78, 5) is 15.2. The molecule has 2 N–H and O–H groups in total. The highest BCUT2D eigenvalue weighted by molar-refractivity contribution is 5.93. The lowest BCUT2D eigenvalue weighted by molar-refractivity contribution is 0.0697. The number of rotatable bonds is 6. The van der Waals surface area contributed by atoms with Gasteiger partial charge in [0.05, 0.1) is 11.4 Å². The van der Waals surface area contributed by atoms with E-state index in [-0.39, 0.29) is 5.56 Å². The van der Waals surface area contributed by atoms with E-state index in [2.05, 4.69) is 15.4 Å². The van der Waals surface area contributed by atoms with Gasteiger partial charge < -0.3 is 10.4 Å². The Morgan fingerprint density at radius 1 is 1.29 bits per heavy atom. The van der Waals surface area contributed by atoms with Crippen molar-refractivity contribution in [3.8, 4) is 0 Å². The molecule has 2 aromatic rings. The van der Waals surface area contributed by atoms with Crippen molar-refractivity contribution in [1.29, 1.82) is 0 Å².